The molecular formula is C10H8BrN3O2S. The van der Waals surface area contributed by atoms with E-state index in [2.05, 4.69) is 31.1 Å². The normalized spacial score (nSPS) is 11.4. The number of aromatic nitrogens is 3. The summed E-state index contributed by atoms with van der Waals surface area (Å²) in [6.45, 7) is 0. The molecule has 88 valence electrons. The predicted octanol–water partition coefficient (Wildman–Crippen LogP) is 1.70. The maximum absolute atomic E-state index is 11.3. The van der Waals surface area contributed by atoms with Crippen LogP contribution in [0.25, 0.3) is 11.3 Å². The molecule has 1 aromatic heterocycles. The molecule has 1 aromatic carbocycles. The minimum absolute atomic E-state index is 0.266. The number of nitrogens with zero attached hydrogens (tertiary/aromatic N) is 3. The molecule has 0 unspecified atom stereocenters. The average molecular weight is 314 g/mol. The third kappa shape index (κ3) is 2.86. The fourth-order valence-electron chi connectivity index (χ4n) is 1.20. The fourth-order valence-corrected chi connectivity index (χ4v) is 1.93. The van der Waals surface area contributed by atoms with Crippen LogP contribution in [-0.4, -0.2) is 29.9 Å². The van der Waals surface area contributed by atoms with Crippen molar-refractivity contribution in [3.63, 3.8) is 0 Å². The predicted molar refractivity (Wildman–Crippen MR) is 66.1 cm³/mol. The van der Waals surface area contributed by atoms with Crippen molar-refractivity contribution in [2.24, 2.45) is 0 Å². The lowest BCUT2D eigenvalue weighted by atomic mass is 10.2. The molecule has 0 saturated carbocycles. The highest BCUT2D eigenvalue weighted by Gasteiger charge is 2.12. The summed E-state index contributed by atoms with van der Waals surface area (Å²) < 4.78 is 23.5. The van der Waals surface area contributed by atoms with E-state index in [1.165, 1.54) is 6.20 Å². The van der Waals surface area contributed by atoms with E-state index < -0.39 is 9.84 Å². The van der Waals surface area contributed by atoms with Gasteiger partial charge in [0.05, 0.1) is 11.9 Å². The summed E-state index contributed by atoms with van der Waals surface area (Å²) in [5, 5.41) is 6.88. The van der Waals surface area contributed by atoms with E-state index in [1.54, 1.807) is 0 Å². The lowest BCUT2D eigenvalue weighted by Crippen LogP contribution is -2.06. The maximum atomic E-state index is 11.3. The third-order valence-corrected chi connectivity index (χ3v) is 3.38. The van der Waals surface area contributed by atoms with Gasteiger partial charge in [-0.15, -0.1) is 5.10 Å². The van der Waals surface area contributed by atoms with Gasteiger partial charge in [-0.2, -0.15) is 5.10 Å². The summed E-state index contributed by atoms with van der Waals surface area (Å²) in [7, 11) is -3.44. The first kappa shape index (κ1) is 12.1. The zero-order valence-electron chi connectivity index (χ0n) is 8.83. The Kier molecular flexibility index (Phi) is 3.21. The second-order valence-electron chi connectivity index (χ2n) is 3.40. The zero-order valence-corrected chi connectivity index (χ0v) is 11.2. The van der Waals surface area contributed by atoms with Gasteiger partial charge < -0.3 is 0 Å². The average Bonchev–Trinajstić information content (AvgIpc) is 2.29. The third-order valence-electron chi connectivity index (χ3n) is 2.01. The summed E-state index contributed by atoms with van der Waals surface area (Å²) >= 11 is 3.32. The van der Waals surface area contributed by atoms with Gasteiger partial charge in [-0.05, 0) is 12.1 Å². The van der Waals surface area contributed by atoms with Crippen molar-refractivity contribution in [1.29, 1.82) is 0 Å². The molecule has 0 aliphatic rings. The van der Waals surface area contributed by atoms with E-state index >= 15 is 0 Å². The maximum Gasteiger partial charge on any atom is 0.267 e. The van der Waals surface area contributed by atoms with E-state index in [9.17, 15) is 8.42 Å². The van der Waals surface area contributed by atoms with Crippen LogP contribution in [0.3, 0.4) is 0 Å². The topological polar surface area (TPSA) is 72.8 Å². The molecule has 17 heavy (non-hydrogen) atoms. The molecular weight excluding hydrogens is 306 g/mol. The monoisotopic (exact) mass is 313 g/mol. The molecule has 1 heterocycles. The Morgan fingerprint density at radius 1 is 1.18 bits per heavy atom. The van der Waals surface area contributed by atoms with Gasteiger partial charge in [-0.25, -0.2) is 13.4 Å². The summed E-state index contributed by atoms with van der Waals surface area (Å²) in [4.78, 5) is 3.97. The van der Waals surface area contributed by atoms with Crippen molar-refractivity contribution >= 4 is 25.8 Å². The van der Waals surface area contributed by atoms with Crippen molar-refractivity contribution in [3.8, 4) is 11.3 Å². The lowest BCUT2D eigenvalue weighted by Gasteiger charge is -2.01. The fraction of sp³-hybridized carbons (Fsp3) is 0.100. The smallest absolute Gasteiger partial charge is 0.221 e. The first-order valence-corrected chi connectivity index (χ1v) is 7.31. The molecule has 0 amide bonds. The molecule has 0 saturated heterocycles. The van der Waals surface area contributed by atoms with Crippen LogP contribution in [0.5, 0.6) is 0 Å². The molecule has 0 N–H and O–H groups in total. The number of rotatable bonds is 2. The molecule has 2 rings (SSSR count). The highest BCUT2D eigenvalue weighted by Crippen LogP contribution is 2.19. The van der Waals surface area contributed by atoms with Gasteiger partial charge in [0.1, 0.15) is 0 Å². The molecule has 0 aliphatic carbocycles. The number of hydrogen-bond acceptors (Lipinski definition) is 5. The molecule has 0 bridgehead atoms. The molecule has 5 nitrogen and oxygen atoms in total. The zero-order chi connectivity index (χ0) is 12.5. The first-order valence-electron chi connectivity index (χ1n) is 4.62. The van der Waals surface area contributed by atoms with Crippen molar-refractivity contribution in [1.82, 2.24) is 15.2 Å². The summed E-state index contributed by atoms with van der Waals surface area (Å²) in [6, 6.07) is 7.33. The van der Waals surface area contributed by atoms with E-state index in [1.807, 2.05) is 24.3 Å². The highest BCUT2D eigenvalue weighted by atomic mass is 79.9. The Morgan fingerprint density at radius 3 is 2.41 bits per heavy atom. The number of halogens is 1. The molecule has 0 atom stereocenters. The Bertz CT molecular complexity index is 641. The molecule has 0 radical (unpaired) electrons. The van der Waals surface area contributed by atoms with Crippen LogP contribution in [0.15, 0.2) is 40.1 Å². The minimum Gasteiger partial charge on any atom is -0.221 e. The number of benzene rings is 1. The summed E-state index contributed by atoms with van der Waals surface area (Å²) in [5.74, 6) is 0. The first-order chi connectivity index (χ1) is 7.97. The van der Waals surface area contributed by atoms with Crippen LogP contribution in [0.4, 0.5) is 0 Å². The van der Waals surface area contributed by atoms with Gasteiger partial charge in [-0.1, -0.05) is 28.1 Å². The minimum atomic E-state index is -3.44. The van der Waals surface area contributed by atoms with E-state index in [-0.39, 0.29) is 5.16 Å². The van der Waals surface area contributed by atoms with Gasteiger partial charge >= 0.3 is 0 Å². The second-order valence-corrected chi connectivity index (χ2v) is 6.23. The molecule has 0 spiro atoms. The van der Waals surface area contributed by atoms with Crippen molar-refractivity contribution in [3.05, 3.63) is 34.9 Å². The Hall–Kier alpha value is -1.34. The van der Waals surface area contributed by atoms with Crippen LogP contribution >= 0.6 is 15.9 Å². The van der Waals surface area contributed by atoms with Gasteiger partial charge in [0.25, 0.3) is 5.16 Å². The molecule has 2 aromatic rings. The molecule has 0 fully saturated rings. The second kappa shape index (κ2) is 4.50. The quantitative estimate of drug-likeness (QED) is 0.843. The SMILES string of the molecule is CS(=O)(=O)c1nncc(-c2ccc(Br)cc2)n1. The van der Waals surface area contributed by atoms with E-state index in [4.69, 9.17) is 0 Å². The molecule has 7 heteroatoms. The number of hydrogen-bond donors (Lipinski definition) is 0. The van der Waals surface area contributed by atoms with E-state index in [0.29, 0.717) is 5.69 Å². The van der Waals surface area contributed by atoms with Gasteiger partial charge in [0.2, 0.25) is 9.84 Å². The number of sulfone groups is 1. The van der Waals surface area contributed by atoms with Crippen molar-refractivity contribution < 1.29 is 8.42 Å². The van der Waals surface area contributed by atoms with Gasteiger partial charge in [0, 0.05) is 16.3 Å². The summed E-state index contributed by atoms with van der Waals surface area (Å²) in [6.07, 6.45) is 2.48. The summed E-state index contributed by atoms with van der Waals surface area (Å²) in [5.41, 5.74) is 1.26. The standard InChI is InChI=1S/C10H8BrN3O2S/c1-17(15,16)10-13-9(6-12-14-10)7-2-4-8(11)5-3-7/h2-6H,1H3. The van der Waals surface area contributed by atoms with Crippen LogP contribution in [0.1, 0.15) is 0 Å². The highest BCUT2D eigenvalue weighted by molar-refractivity contribution is 9.10. The van der Waals surface area contributed by atoms with Crippen LogP contribution in [0, 0.1) is 0 Å². The van der Waals surface area contributed by atoms with Gasteiger partial charge in [-0.3, -0.25) is 0 Å². The van der Waals surface area contributed by atoms with Gasteiger partial charge in [0.15, 0.2) is 0 Å². The van der Waals surface area contributed by atoms with Crippen molar-refractivity contribution in [2.75, 3.05) is 6.26 Å². The Morgan fingerprint density at radius 2 is 1.82 bits per heavy atom. The van der Waals surface area contributed by atoms with Crippen molar-refractivity contribution in [2.45, 2.75) is 5.16 Å². The van der Waals surface area contributed by atoms with Crippen LogP contribution in [0.2, 0.25) is 0 Å². The Labute approximate surface area is 107 Å². The van der Waals surface area contributed by atoms with Crippen LogP contribution in [-0.2, 0) is 9.84 Å². The largest absolute Gasteiger partial charge is 0.267 e. The lowest BCUT2D eigenvalue weighted by molar-refractivity contribution is 0.589. The molecule has 0 aliphatic heterocycles. The van der Waals surface area contributed by atoms with E-state index in [0.717, 1.165) is 16.3 Å². The van der Waals surface area contributed by atoms with Crippen LogP contribution < -0.4 is 0 Å². The Balaban J connectivity index is 2.50.